The predicted octanol–water partition coefficient (Wildman–Crippen LogP) is -2.07. The minimum absolute atomic E-state index is 0.364. The Kier molecular flexibility index (Phi) is 7.02. The molecular formula is C11H23NO6. The van der Waals surface area contributed by atoms with Crippen molar-refractivity contribution >= 4 is 0 Å². The van der Waals surface area contributed by atoms with Crippen molar-refractivity contribution in [1.29, 1.82) is 0 Å². The van der Waals surface area contributed by atoms with Gasteiger partial charge in [-0.25, -0.2) is 0 Å². The second kappa shape index (κ2) is 8.00. The molecule has 0 amide bonds. The molecule has 0 spiro atoms. The maximum Gasteiger partial charge on any atom is 0.186 e. The summed E-state index contributed by atoms with van der Waals surface area (Å²) in [4.78, 5) is 0. The molecule has 7 nitrogen and oxygen atoms in total. The third kappa shape index (κ3) is 4.13. The standard InChI is InChI=1S/C11H23NO6/c12-4-2-1-3-5-17-11-10(16)9(15)8(14)7(6-13)18-11/h7-11,13-16H,1-6,12H2/t7?,8-,9+,10?,11+/m1/s1. The van der Waals surface area contributed by atoms with Gasteiger partial charge in [0, 0.05) is 6.61 Å². The van der Waals surface area contributed by atoms with Gasteiger partial charge in [-0.05, 0) is 25.8 Å². The van der Waals surface area contributed by atoms with E-state index in [1.807, 2.05) is 0 Å². The molecule has 1 rings (SSSR count). The van der Waals surface area contributed by atoms with Crippen molar-refractivity contribution in [3.05, 3.63) is 0 Å². The Balaban J connectivity index is 2.35. The molecule has 5 atom stereocenters. The van der Waals surface area contributed by atoms with Gasteiger partial charge in [-0.1, -0.05) is 0 Å². The number of rotatable bonds is 7. The number of hydrogen-bond acceptors (Lipinski definition) is 7. The lowest BCUT2D eigenvalue weighted by atomic mass is 9.99. The molecule has 0 saturated carbocycles. The molecule has 1 saturated heterocycles. The topological polar surface area (TPSA) is 125 Å². The summed E-state index contributed by atoms with van der Waals surface area (Å²) in [5, 5.41) is 37.7. The zero-order chi connectivity index (χ0) is 13.5. The van der Waals surface area contributed by atoms with Crippen LogP contribution in [-0.2, 0) is 9.47 Å². The minimum atomic E-state index is -1.38. The third-order valence-electron chi connectivity index (χ3n) is 2.98. The van der Waals surface area contributed by atoms with E-state index >= 15 is 0 Å². The molecule has 0 aromatic heterocycles. The molecule has 6 N–H and O–H groups in total. The fourth-order valence-electron chi connectivity index (χ4n) is 1.83. The summed E-state index contributed by atoms with van der Waals surface area (Å²) in [5.41, 5.74) is 5.35. The molecule has 0 aromatic rings. The monoisotopic (exact) mass is 265 g/mol. The first-order chi connectivity index (χ1) is 8.61. The molecule has 1 aliphatic rings. The van der Waals surface area contributed by atoms with Crippen LogP contribution in [0.4, 0.5) is 0 Å². The second-order valence-electron chi connectivity index (χ2n) is 4.42. The average molecular weight is 265 g/mol. The molecule has 18 heavy (non-hydrogen) atoms. The lowest BCUT2D eigenvalue weighted by Gasteiger charge is -2.39. The van der Waals surface area contributed by atoms with E-state index in [9.17, 15) is 15.3 Å². The number of ether oxygens (including phenoxy) is 2. The summed E-state index contributed by atoms with van der Waals surface area (Å²) in [5.74, 6) is 0. The highest BCUT2D eigenvalue weighted by Gasteiger charge is 2.43. The zero-order valence-corrected chi connectivity index (χ0v) is 10.3. The van der Waals surface area contributed by atoms with Gasteiger partial charge < -0.3 is 35.6 Å². The first-order valence-electron chi connectivity index (χ1n) is 6.24. The van der Waals surface area contributed by atoms with Crippen molar-refractivity contribution in [2.45, 2.75) is 50.0 Å². The average Bonchev–Trinajstić information content (AvgIpc) is 2.38. The third-order valence-corrected chi connectivity index (χ3v) is 2.98. The van der Waals surface area contributed by atoms with E-state index in [2.05, 4.69) is 0 Å². The smallest absolute Gasteiger partial charge is 0.186 e. The van der Waals surface area contributed by atoms with E-state index in [-0.39, 0.29) is 0 Å². The van der Waals surface area contributed by atoms with Crippen molar-refractivity contribution in [2.75, 3.05) is 19.8 Å². The quantitative estimate of drug-likeness (QED) is 0.335. The number of hydrogen-bond donors (Lipinski definition) is 5. The van der Waals surface area contributed by atoms with Crippen LogP contribution in [0, 0.1) is 0 Å². The molecule has 1 fully saturated rings. The lowest BCUT2D eigenvalue weighted by Crippen LogP contribution is -2.59. The first-order valence-corrected chi connectivity index (χ1v) is 6.24. The summed E-state index contributed by atoms with van der Waals surface area (Å²) in [6, 6.07) is 0. The van der Waals surface area contributed by atoms with Crippen molar-refractivity contribution in [1.82, 2.24) is 0 Å². The molecule has 1 aliphatic heterocycles. The predicted molar refractivity (Wildman–Crippen MR) is 62.6 cm³/mol. The van der Waals surface area contributed by atoms with Gasteiger partial charge in [0.2, 0.25) is 0 Å². The minimum Gasteiger partial charge on any atom is -0.394 e. The molecule has 2 unspecified atom stereocenters. The van der Waals surface area contributed by atoms with Crippen LogP contribution in [0.1, 0.15) is 19.3 Å². The largest absolute Gasteiger partial charge is 0.394 e. The Bertz CT molecular complexity index is 228. The Labute approximate surface area is 106 Å². The van der Waals surface area contributed by atoms with Gasteiger partial charge in [0.05, 0.1) is 6.61 Å². The SMILES string of the molecule is NCCCCCO[C@H]1OC(CO)[C@@H](O)[C@H](O)C1O. The Hall–Kier alpha value is -0.280. The van der Waals surface area contributed by atoms with Gasteiger partial charge >= 0.3 is 0 Å². The van der Waals surface area contributed by atoms with Gasteiger partial charge in [-0.2, -0.15) is 0 Å². The fraction of sp³-hybridized carbons (Fsp3) is 1.00. The van der Waals surface area contributed by atoms with Gasteiger partial charge in [-0.15, -0.1) is 0 Å². The summed E-state index contributed by atoms with van der Waals surface area (Å²) in [6.07, 6.45) is -3.42. The van der Waals surface area contributed by atoms with E-state index in [1.165, 1.54) is 0 Å². The van der Waals surface area contributed by atoms with E-state index in [0.717, 1.165) is 19.3 Å². The number of aliphatic hydroxyl groups is 4. The summed E-state index contributed by atoms with van der Waals surface area (Å²) in [6.45, 7) is 0.542. The summed E-state index contributed by atoms with van der Waals surface area (Å²) < 4.78 is 10.5. The highest BCUT2D eigenvalue weighted by molar-refractivity contribution is 4.88. The molecule has 7 heteroatoms. The van der Waals surface area contributed by atoms with Gasteiger partial charge in [0.1, 0.15) is 24.4 Å². The lowest BCUT2D eigenvalue weighted by molar-refractivity contribution is -0.301. The van der Waals surface area contributed by atoms with Crippen molar-refractivity contribution in [2.24, 2.45) is 5.73 Å². The maximum absolute atomic E-state index is 9.66. The van der Waals surface area contributed by atoms with Crippen molar-refractivity contribution in [3.8, 4) is 0 Å². The van der Waals surface area contributed by atoms with Gasteiger partial charge in [0.15, 0.2) is 6.29 Å². The van der Waals surface area contributed by atoms with Crippen LogP contribution >= 0.6 is 0 Å². The van der Waals surface area contributed by atoms with Crippen LogP contribution in [0.3, 0.4) is 0 Å². The second-order valence-corrected chi connectivity index (χ2v) is 4.42. The molecule has 0 aromatic carbocycles. The molecule has 0 aliphatic carbocycles. The summed E-state index contributed by atoms with van der Waals surface area (Å²) >= 11 is 0. The van der Waals surface area contributed by atoms with Crippen molar-refractivity contribution in [3.63, 3.8) is 0 Å². The van der Waals surface area contributed by atoms with E-state index < -0.39 is 37.3 Å². The van der Waals surface area contributed by atoms with Gasteiger partial charge in [-0.3, -0.25) is 0 Å². The van der Waals surface area contributed by atoms with Crippen molar-refractivity contribution < 1.29 is 29.9 Å². The Morgan fingerprint density at radius 1 is 1.00 bits per heavy atom. The summed E-state index contributed by atoms with van der Waals surface area (Å²) in [7, 11) is 0. The fourth-order valence-corrected chi connectivity index (χ4v) is 1.83. The normalized spacial score (nSPS) is 36.8. The number of aliphatic hydroxyl groups excluding tert-OH is 4. The Morgan fingerprint density at radius 3 is 2.33 bits per heavy atom. The van der Waals surface area contributed by atoms with E-state index in [4.69, 9.17) is 20.3 Å². The highest BCUT2D eigenvalue weighted by atomic mass is 16.7. The van der Waals surface area contributed by atoms with Crippen LogP contribution < -0.4 is 5.73 Å². The molecular weight excluding hydrogens is 242 g/mol. The molecule has 108 valence electrons. The maximum atomic E-state index is 9.66. The van der Waals surface area contributed by atoms with Crippen LogP contribution in [0.2, 0.25) is 0 Å². The zero-order valence-electron chi connectivity index (χ0n) is 10.3. The van der Waals surface area contributed by atoms with Gasteiger partial charge in [0.25, 0.3) is 0 Å². The van der Waals surface area contributed by atoms with E-state index in [1.54, 1.807) is 0 Å². The highest BCUT2D eigenvalue weighted by Crippen LogP contribution is 2.22. The molecule has 1 heterocycles. The molecule has 0 radical (unpaired) electrons. The van der Waals surface area contributed by atoms with Crippen LogP contribution in [-0.4, -0.2) is 70.9 Å². The van der Waals surface area contributed by atoms with Crippen LogP contribution in [0.15, 0.2) is 0 Å². The molecule has 0 bridgehead atoms. The van der Waals surface area contributed by atoms with Crippen LogP contribution in [0.5, 0.6) is 0 Å². The van der Waals surface area contributed by atoms with E-state index in [0.29, 0.717) is 13.2 Å². The number of unbranched alkanes of at least 4 members (excludes halogenated alkanes) is 2. The Morgan fingerprint density at radius 2 is 1.72 bits per heavy atom. The first kappa shape index (κ1) is 15.8. The number of nitrogens with two attached hydrogens (primary N) is 1. The van der Waals surface area contributed by atoms with Crippen LogP contribution in [0.25, 0.3) is 0 Å².